The zero-order chi connectivity index (χ0) is 10.4. The second kappa shape index (κ2) is 5.11. The summed E-state index contributed by atoms with van der Waals surface area (Å²) in [5.41, 5.74) is 0. The molecule has 1 N–H and O–H groups in total. The number of hydrogen-bond donors (Lipinski definition) is 1. The van der Waals surface area contributed by atoms with Gasteiger partial charge in [-0.2, -0.15) is 0 Å². The van der Waals surface area contributed by atoms with Crippen molar-refractivity contribution in [2.24, 2.45) is 0 Å². The molecule has 0 radical (unpaired) electrons. The Morgan fingerprint density at radius 3 is 3.07 bits per heavy atom. The third kappa shape index (κ3) is 2.96. The Morgan fingerprint density at radius 2 is 2.43 bits per heavy atom. The van der Waals surface area contributed by atoms with E-state index < -0.39 is 5.97 Å². The highest BCUT2D eigenvalue weighted by atomic mass is 16.4. The fraction of sp³-hybridized carbons (Fsp3) is 0.500. The normalized spacial score (nSPS) is 10.0. The minimum Gasteiger partial charge on any atom is -0.481 e. The van der Waals surface area contributed by atoms with Gasteiger partial charge < -0.3 is 5.11 Å². The molecule has 76 valence electrons. The van der Waals surface area contributed by atoms with E-state index in [1.54, 1.807) is 10.8 Å². The van der Waals surface area contributed by atoms with E-state index in [1.165, 1.54) is 0 Å². The molecule has 0 unspecified atom stereocenters. The minimum atomic E-state index is -0.844. The SMILES string of the molecule is C=CCCn1nnnc1CCC(=O)O. The lowest BCUT2D eigenvalue weighted by atomic mass is 10.3. The molecule has 0 aliphatic rings. The summed E-state index contributed by atoms with van der Waals surface area (Å²) in [7, 11) is 0. The van der Waals surface area contributed by atoms with Crippen molar-refractivity contribution in [2.45, 2.75) is 25.8 Å². The lowest BCUT2D eigenvalue weighted by Crippen LogP contribution is -2.07. The highest BCUT2D eigenvalue weighted by molar-refractivity contribution is 5.66. The molecule has 1 heterocycles. The largest absolute Gasteiger partial charge is 0.481 e. The van der Waals surface area contributed by atoms with Crippen LogP contribution in [0.5, 0.6) is 0 Å². The Bertz CT molecular complexity index is 321. The van der Waals surface area contributed by atoms with Crippen molar-refractivity contribution in [3.8, 4) is 0 Å². The number of carboxylic acids is 1. The quantitative estimate of drug-likeness (QED) is 0.660. The average Bonchev–Trinajstić information content (AvgIpc) is 2.58. The Kier molecular flexibility index (Phi) is 3.78. The van der Waals surface area contributed by atoms with Crippen molar-refractivity contribution >= 4 is 5.97 Å². The number of tetrazole rings is 1. The van der Waals surface area contributed by atoms with Crippen LogP contribution >= 0.6 is 0 Å². The first-order valence-electron chi connectivity index (χ1n) is 4.31. The van der Waals surface area contributed by atoms with Crippen molar-refractivity contribution < 1.29 is 9.90 Å². The summed E-state index contributed by atoms with van der Waals surface area (Å²) < 4.78 is 1.60. The van der Waals surface area contributed by atoms with Gasteiger partial charge in [0.05, 0.1) is 6.42 Å². The van der Waals surface area contributed by atoms with Crippen molar-refractivity contribution in [3.05, 3.63) is 18.5 Å². The summed E-state index contributed by atoms with van der Waals surface area (Å²) in [5.74, 6) is -0.238. The zero-order valence-corrected chi connectivity index (χ0v) is 7.76. The van der Waals surface area contributed by atoms with E-state index >= 15 is 0 Å². The highest BCUT2D eigenvalue weighted by Crippen LogP contribution is 1.99. The monoisotopic (exact) mass is 196 g/mol. The van der Waals surface area contributed by atoms with Crippen LogP contribution in [-0.2, 0) is 17.8 Å². The molecule has 0 saturated heterocycles. The topological polar surface area (TPSA) is 80.9 Å². The number of carbonyl (C=O) groups is 1. The first-order chi connectivity index (χ1) is 6.74. The molecule has 0 bridgehead atoms. The second-order valence-corrected chi connectivity index (χ2v) is 2.79. The first kappa shape index (κ1) is 10.4. The van der Waals surface area contributed by atoms with Gasteiger partial charge in [0.25, 0.3) is 0 Å². The third-order valence-electron chi connectivity index (χ3n) is 1.71. The maximum atomic E-state index is 10.3. The van der Waals surface area contributed by atoms with Crippen LogP contribution in [0.15, 0.2) is 12.7 Å². The lowest BCUT2D eigenvalue weighted by Gasteiger charge is -2.00. The zero-order valence-electron chi connectivity index (χ0n) is 7.76. The Balaban J connectivity index is 2.53. The van der Waals surface area contributed by atoms with E-state index in [9.17, 15) is 4.79 Å². The summed E-state index contributed by atoms with van der Waals surface area (Å²) in [5, 5.41) is 19.5. The smallest absolute Gasteiger partial charge is 0.303 e. The van der Waals surface area contributed by atoms with E-state index in [4.69, 9.17) is 5.11 Å². The number of rotatable bonds is 6. The fourth-order valence-corrected chi connectivity index (χ4v) is 1.01. The van der Waals surface area contributed by atoms with Crippen molar-refractivity contribution in [2.75, 3.05) is 0 Å². The molecule has 0 aromatic carbocycles. The van der Waals surface area contributed by atoms with Gasteiger partial charge in [-0.1, -0.05) is 6.08 Å². The number of carboxylic acid groups (broad SMARTS) is 1. The van der Waals surface area contributed by atoms with E-state index in [1.807, 2.05) is 0 Å². The minimum absolute atomic E-state index is 0.0501. The molecule has 1 aromatic heterocycles. The maximum Gasteiger partial charge on any atom is 0.303 e. The second-order valence-electron chi connectivity index (χ2n) is 2.79. The van der Waals surface area contributed by atoms with E-state index in [2.05, 4.69) is 22.1 Å². The van der Waals surface area contributed by atoms with E-state index in [0.29, 0.717) is 18.8 Å². The lowest BCUT2D eigenvalue weighted by molar-refractivity contribution is -0.137. The van der Waals surface area contributed by atoms with Crippen LogP contribution in [0.25, 0.3) is 0 Å². The van der Waals surface area contributed by atoms with Crippen LogP contribution in [-0.4, -0.2) is 31.3 Å². The molecule has 0 aliphatic heterocycles. The molecule has 0 aliphatic carbocycles. The van der Waals surface area contributed by atoms with Gasteiger partial charge >= 0.3 is 5.97 Å². The standard InChI is InChI=1S/C8H12N4O2/c1-2-3-6-12-7(9-10-11-12)4-5-8(13)14/h2H,1,3-6H2,(H,13,14). The Hall–Kier alpha value is -1.72. The predicted molar refractivity (Wildman–Crippen MR) is 48.6 cm³/mol. The van der Waals surface area contributed by atoms with Gasteiger partial charge in [-0.05, 0) is 16.8 Å². The van der Waals surface area contributed by atoms with Crippen molar-refractivity contribution in [3.63, 3.8) is 0 Å². The summed E-state index contributed by atoms with van der Waals surface area (Å²) in [4.78, 5) is 10.3. The van der Waals surface area contributed by atoms with Gasteiger partial charge in [-0.3, -0.25) is 4.79 Å². The molecular formula is C8H12N4O2. The van der Waals surface area contributed by atoms with Gasteiger partial charge in [-0.15, -0.1) is 11.7 Å². The van der Waals surface area contributed by atoms with Crippen LogP contribution in [0.1, 0.15) is 18.7 Å². The molecule has 0 fully saturated rings. The summed E-state index contributed by atoms with van der Waals surface area (Å²) in [6.45, 7) is 4.23. The van der Waals surface area contributed by atoms with E-state index in [-0.39, 0.29) is 6.42 Å². The van der Waals surface area contributed by atoms with Crippen LogP contribution in [0.4, 0.5) is 0 Å². The number of aliphatic carboxylic acids is 1. The molecule has 0 spiro atoms. The molecular weight excluding hydrogens is 184 g/mol. The fourth-order valence-electron chi connectivity index (χ4n) is 1.01. The summed E-state index contributed by atoms with van der Waals surface area (Å²) >= 11 is 0. The molecule has 14 heavy (non-hydrogen) atoms. The van der Waals surface area contributed by atoms with E-state index in [0.717, 1.165) is 6.42 Å². The van der Waals surface area contributed by atoms with Crippen LogP contribution < -0.4 is 0 Å². The number of aromatic nitrogens is 4. The van der Waals surface area contributed by atoms with Crippen molar-refractivity contribution in [1.82, 2.24) is 20.2 Å². The number of aryl methyl sites for hydroxylation is 2. The van der Waals surface area contributed by atoms with Gasteiger partial charge in [0.15, 0.2) is 5.82 Å². The molecule has 0 atom stereocenters. The average molecular weight is 196 g/mol. The van der Waals surface area contributed by atoms with Crippen LogP contribution in [0.2, 0.25) is 0 Å². The third-order valence-corrected chi connectivity index (χ3v) is 1.71. The van der Waals surface area contributed by atoms with Crippen LogP contribution in [0, 0.1) is 0 Å². The molecule has 6 nitrogen and oxygen atoms in total. The number of hydrogen-bond acceptors (Lipinski definition) is 4. The first-order valence-corrected chi connectivity index (χ1v) is 4.31. The molecule has 6 heteroatoms. The number of nitrogens with zero attached hydrogens (tertiary/aromatic N) is 4. The van der Waals surface area contributed by atoms with Gasteiger partial charge in [0, 0.05) is 13.0 Å². The maximum absolute atomic E-state index is 10.3. The molecule has 0 saturated carbocycles. The van der Waals surface area contributed by atoms with Crippen molar-refractivity contribution in [1.29, 1.82) is 0 Å². The predicted octanol–water partition coefficient (Wildman–Crippen LogP) is 0.266. The summed E-state index contributed by atoms with van der Waals surface area (Å²) in [6, 6.07) is 0. The molecule has 0 amide bonds. The molecule has 1 aromatic rings. The molecule has 1 rings (SSSR count). The van der Waals surface area contributed by atoms with Crippen LogP contribution in [0.3, 0.4) is 0 Å². The van der Waals surface area contributed by atoms with Gasteiger partial charge in [-0.25, -0.2) is 4.68 Å². The Labute approximate surface area is 81.2 Å². The van der Waals surface area contributed by atoms with Gasteiger partial charge in [0.2, 0.25) is 0 Å². The Morgan fingerprint density at radius 1 is 1.64 bits per heavy atom. The highest BCUT2D eigenvalue weighted by Gasteiger charge is 2.07. The summed E-state index contributed by atoms with van der Waals surface area (Å²) in [6.07, 6.45) is 2.95. The van der Waals surface area contributed by atoms with Gasteiger partial charge in [0.1, 0.15) is 0 Å². The number of allylic oxidation sites excluding steroid dienone is 1.